The van der Waals surface area contributed by atoms with Gasteiger partial charge in [-0.1, -0.05) is 30.2 Å². The predicted molar refractivity (Wildman–Crippen MR) is 167 cm³/mol. The molecule has 2 aromatic rings. The van der Waals surface area contributed by atoms with Gasteiger partial charge in [0.15, 0.2) is 0 Å². The zero-order chi connectivity index (χ0) is 31.1. The van der Waals surface area contributed by atoms with Crippen molar-refractivity contribution < 1.29 is 18.8 Å². The normalized spacial score (nSPS) is 19.5. The first-order chi connectivity index (χ1) is 20.6. The van der Waals surface area contributed by atoms with Crippen LogP contribution in [0.25, 0.3) is 11.1 Å². The molecule has 11 heteroatoms. The Morgan fingerprint density at radius 3 is 2.79 bits per heavy atom. The number of carbonyl (C=O) groups excluding carboxylic acids is 3. The molecular weight excluding hydrogens is 571 g/mol. The van der Waals surface area contributed by atoms with Crippen LogP contribution >= 0.6 is 11.6 Å². The number of nitrogens with one attached hydrogen (secondary N) is 2. The van der Waals surface area contributed by atoms with Crippen molar-refractivity contribution in [2.45, 2.75) is 51.0 Å². The number of benzene rings is 1. The maximum Gasteiger partial charge on any atom is 0.254 e. The van der Waals surface area contributed by atoms with Crippen LogP contribution in [0.1, 0.15) is 61.0 Å². The number of pyridine rings is 1. The Labute approximate surface area is 255 Å². The molecule has 9 nitrogen and oxygen atoms in total. The van der Waals surface area contributed by atoms with Crippen molar-refractivity contribution in [2.24, 2.45) is 10.7 Å². The molecule has 0 fully saturated rings. The van der Waals surface area contributed by atoms with E-state index in [1.54, 1.807) is 45.4 Å². The molecule has 0 spiro atoms. The second-order valence-electron chi connectivity index (χ2n) is 10.8. The zero-order valence-corrected chi connectivity index (χ0v) is 25.2. The molecule has 2 heterocycles. The van der Waals surface area contributed by atoms with Gasteiger partial charge >= 0.3 is 0 Å². The minimum Gasteiger partial charge on any atom is -0.404 e. The molecule has 0 saturated heterocycles. The zero-order valence-electron chi connectivity index (χ0n) is 24.5. The van der Waals surface area contributed by atoms with E-state index < -0.39 is 17.8 Å². The first-order valence-electron chi connectivity index (χ1n) is 14.2. The van der Waals surface area contributed by atoms with Crippen molar-refractivity contribution in [3.63, 3.8) is 0 Å². The molecule has 1 unspecified atom stereocenters. The summed E-state index contributed by atoms with van der Waals surface area (Å²) in [6, 6.07) is 8.23. The molecule has 1 aromatic heterocycles. The number of nitrogens with two attached hydrogens (primary N) is 1. The molecular formula is C32H36ClFN6O3. The Bertz CT molecular complexity index is 1530. The summed E-state index contributed by atoms with van der Waals surface area (Å²) in [5, 5.41) is 5.92. The molecule has 43 heavy (non-hydrogen) atoms. The van der Waals surface area contributed by atoms with Gasteiger partial charge in [-0.15, -0.1) is 0 Å². The number of halogens is 2. The number of aromatic nitrogens is 1. The Balaban J connectivity index is 1.57. The Hall–Kier alpha value is -4.31. The van der Waals surface area contributed by atoms with E-state index in [0.29, 0.717) is 42.6 Å². The molecule has 4 N–H and O–H groups in total. The van der Waals surface area contributed by atoms with Gasteiger partial charge in [0.2, 0.25) is 5.91 Å². The van der Waals surface area contributed by atoms with Crippen LogP contribution in [-0.4, -0.2) is 60.0 Å². The first kappa shape index (κ1) is 31.6. The van der Waals surface area contributed by atoms with Crippen LogP contribution in [-0.2, 0) is 9.59 Å². The monoisotopic (exact) mass is 606 g/mol. The largest absolute Gasteiger partial charge is 0.404 e. The highest BCUT2D eigenvalue weighted by Crippen LogP contribution is 2.33. The van der Waals surface area contributed by atoms with Gasteiger partial charge in [0.25, 0.3) is 11.8 Å². The summed E-state index contributed by atoms with van der Waals surface area (Å²) in [6.45, 7) is 1.88. The number of carbonyl (C=O) groups is 3. The number of hydrogen-bond acceptors (Lipinski definition) is 6. The quantitative estimate of drug-likeness (QED) is 0.307. The van der Waals surface area contributed by atoms with Crippen LogP contribution in [0.4, 0.5) is 10.1 Å². The van der Waals surface area contributed by atoms with Crippen LogP contribution in [0.15, 0.2) is 76.3 Å². The number of hydrogen-bond donors (Lipinski definition) is 3. The van der Waals surface area contributed by atoms with E-state index in [-0.39, 0.29) is 34.9 Å². The van der Waals surface area contributed by atoms with Crippen molar-refractivity contribution in [3.05, 3.63) is 82.6 Å². The molecule has 2 atom stereocenters. The molecule has 2 bridgehead atoms. The Morgan fingerprint density at radius 2 is 2.05 bits per heavy atom. The van der Waals surface area contributed by atoms with E-state index >= 15 is 0 Å². The van der Waals surface area contributed by atoms with Gasteiger partial charge in [0, 0.05) is 73.6 Å². The van der Waals surface area contributed by atoms with Crippen molar-refractivity contribution in [1.29, 1.82) is 0 Å². The first-order valence-corrected chi connectivity index (χ1v) is 14.5. The number of amides is 3. The Morgan fingerprint density at radius 1 is 1.26 bits per heavy atom. The number of rotatable bonds is 6. The summed E-state index contributed by atoms with van der Waals surface area (Å²) >= 11 is 5.90. The van der Waals surface area contributed by atoms with E-state index in [2.05, 4.69) is 20.6 Å². The second kappa shape index (κ2) is 14.2. The summed E-state index contributed by atoms with van der Waals surface area (Å²) in [7, 11) is 3.35. The van der Waals surface area contributed by atoms with Crippen LogP contribution in [0.5, 0.6) is 0 Å². The predicted octanol–water partition coefficient (Wildman–Crippen LogP) is 5.21. The minimum absolute atomic E-state index is 0.00430. The molecule has 226 valence electrons. The van der Waals surface area contributed by atoms with Crippen molar-refractivity contribution in [1.82, 2.24) is 15.2 Å². The summed E-state index contributed by atoms with van der Waals surface area (Å²) in [5.41, 5.74) is 9.62. The fourth-order valence-electron chi connectivity index (χ4n) is 5.10. The third-order valence-corrected chi connectivity index (χ3v) is 7.77. The number of allylic oxidation sites excluding steroid dienone is 2. The molecule has 0 radical (unpaired) electrons. The van der Waals surface area contributed by atoms with Gasteiger partial charge in [-0.2, -0.15) is 0 Å². The molecule has 1 aliphatic heterocycles. The maximum atomic E-state index is 14.4. The lowest BCUT2D eigenvalue weighted by Crippen LogP contribution is -2.32. The lowest BCUT2D eigenvalue weighted by molar-refractivity contribution is -0.117. The van der Waals surface area contributed by atoms with Crippen molar-refractivity contribution in [3.8, 4) is 11.1 Å². The molecule has 0 saturated carbocycles. The molecule has 1 aromatic carbocycles. The van der Waals surface area contributed by atoms with E-state index in [4.69, 9.17) is 17.3 Å². The smallest absolute Gasteiger partial charge is 0.254 e. The fraction of sp³-hybridized carbons (Fsp3) is 0.344. The standard InChI is InChI=1S/C32H36ClFN6O3/c1-19(38-26-9-6-8-25(33)30(26)34)24(17-35)31(42)37-18-22-7-4-5-10-29(41)39-28-16-21(32(43)40(2)3)11-12-23(28)20-13-14-36-27(22)15-20/h6,8,11-17,22,26H,4-5,7,9-10,18,35H2,1-3H3,(H,37,42)(H,39,41)/t22-,26?/m1/s1. The third kappa shape index (κ3) is 7.75. The number of nitrogens with zero attached hydrogens (tertiary/aromatic N) is 3. The number of fused-ring (bicyclic) bond motifs is 4. The highest BCUT2D eigenvalue weighted by molar-refractivity contribution is 6.31. The van der Waals surface area contributed by atoms with Crippen LogP contribution in [0.3, 0.4) is 0 Å². The molecule has 1 aliphatic carbocycles. The maximum absolute atomic E-state index is 14.4. The highest BCUT2D eigenvalue weighted by Gasteiger charge is 2.23. The summed E-state index contributed by atoms with van der Waals surface area (Å²) in [5.74, 6) is -1.43. The van der Waals surface area contributed by atoms with Gasteiger partial charge in [-0.25, -0.2) is 4.39 Å². The van der Waals surface area contributed by atoms with Gasteiger partial charge in [-0.05, 0) is 62.1 Å². The second-order valence-corrected chi connectivity index (χ2v) is 11.2. The molecule has 4 rings (SSSR count). The van der Waals surface area contributed by atoms with E-state index in [0.717, 1.165) is 23.2 Å². The van der Waals surface area contributed by atoms with E-state index in [9.17, 15) is 18.8 Å². The number of anilines is 1. The van der Waals surface area contributed by atoms with Gasteiger partial charge < -0.3 is 21.3 Å². The van der Waals surface area contributed by atoms with E-state index in [1.165, 1.54) is 17.2 Å². The topological polar surface area (TPSA) is 130 Å². The van der Waals surface area contributed by atoms with Crippen LogP contribution in [0.2, 0.25) is 0 Å². The Kier molecular flexibility index (Phi) is 10.5. The lowest BCUT2D eigenvalue weighted by atomic mass is 9.93. The van der Waals surface area contributed by atoms with Crippen molar-refractivity contribution >= 4 is 40.7 Å². The van der Waals surface area contributed by atoms with Gasteiger partial charge in [0.1, 0.15) is 11.9 Å². The summed E-state index contributed by atoms with van der Waals surface area (Å²) in [4.78, 5) is 49.1. The molecule has 3 amide bonds. The highest BCUT2D eigenvalue weighted by atomic mass is 35.5. The fourth-order valence-corrected chi connectivity index (χ4v) is 5.32. The molecule has 2 aliphatic rings. The van der Waals surface area contributed by atoms with Crippen LogP contribution < -0.4 is 16.4 Å². The summed E-state index contributed by atoms with van der Waals surface area (Å²) < 4.78 is 14.4. The van der Waals surface area contributed by atoms with Gasteiger partial charge in [-0.3, -0.25) is 24.4 Å². The van der Waals surface area contributed by atoms with Gasteiger partial charge in [0.05, 0.1) is 10.6 Å². The number of aliphatic imine (C=N–C) groups is 1. The SMILES string of the molecule is CC(=NC1CC=CC(Cl)=C1F)C(=CN)C(=O)NC[C@H]1CCCCC(=O)Nc2cc(C(=O)N(C)C)ccc2-c2ccnc1c2. The lowest BCUT2D eigenvalue weighted by Gasteiger charge is -2.21. The van der Waals surface area contributed by atoms with Crippen LogP contribution in [0, 0.1) is 0 Å². The van der Waals surface area contributed by atoms with E-state index in [1.807, 2.05) is 18.2 Å². The average molecular weight is 607 g/mol. The average Bonchev–Trinajstić information content (AvgIpc) is 2.98. The summed E-state index contributed by atoms with van der Waals surface area (Å²) in [6.07, 6.45) is 8.78. The minimum atomic E-state index is -0.810. The van der Waals surface area contributed by atoms with Crippen molar-refractivity contribution in [2.75, 3.05) is 26.0 Å². The third-order valence-electron chi connectivity index (χ3n) is 7.47.